The van der Waals surface area contributed by atoms with Crippen molar-refractivity contribution in [1.29, 1.82) is 0 Å². The Morgan fingerprint density at radius 2 is 2.05 bits per heavy atom. The first-order valence-corrected chi connectivity index (χ1v) is 5.71. The number of aromatic carboxylic acids is 1. The molecule has 3 aromatic rings. The van der Waals surface area contributed by atoms with Crippen LogP contribution in [-0.2, 0) is 7.05 Å². The van der Waals surface area contributed by atoms with Crippen LogP contribution in [-0.4, -0.2) is 25.3 Å². The largest absolute Gasteiger partial charge is 0.476 e. The Hall–Kier alpha value is -2.63. The molecule has 19 heavy (non-hydrogen) atoms. The third-order valence-electron chi connectivity index (χ3n) is 3.19. The Morgan fingerprint density at radius 1 is 1.32 bits per heavy atom. The zero-order chi connectivity index (χ0) is 13.7. The molecule has 1 aromatic carbocycles. The molecule has 0 saturated carbocycles. The molecule has 6 heteroatoms. The van der Waals surface area contributed by atoms with Gasteiger partial charge in [-0.15, -0.1) is 0 Å². The fourth-order valence-corrected chi connectivity index (χ4v) is 2.22. The van der Waals surface area contributed by atoms with E-state index in [1.807, 2.05) is 19.1 Å². The summed E-state index contributed by atoms with van der Waals surface area (Å²) in [6.45, 7) is 1.90. The number of rotatable bonds is 1. The monoisotopic (exact) mass is 257 g/mol. The van der Waals surface area contributed by atoms with E-state index >= 15 is 0 Å². The van der Waals surface area contributed by atoms with E-state index < -0.39 is 5.97 Å². The zero-order valence-electron chi connectivity index (χ0n) is 10.4. The van der Waals surface area contributed by atoms with Gasteiger partial charge in [-0.1, -0.05) is 11.6 Å². The fourth-order valence-electron chi connectivity index (χ4n) is 2.22. The molecule has 3 rings (SSSR count). The molecule has 96 valence electrons. The van der Waals surface area contributed by atoms with Crippen LogP contribution in [0.5, 0.6) is 0 Å². The molecule has 0 bridgehead atoms. The minimum absolute atomic E-state index is 0.139. The first kappa shape index (κ1) is 11.5. The summed E-state index contributed by atoms with van der Waals surface area (Å²) in [5.74, 6) is -1.15. The molecule has 0 saturated heterocycles. The average Bonchev–Trinajstić information content (AvgIpc) is 2.81. The summed E-state index contributed by atoms with van der Waals surface area (Å²) >= 11 is 0. The highest BCUT2D eigenvalue weighted by Gasteiger charge is 2.15. The predicted octanol–water partition coefficient (Wildman–Crippen LogP) is 1.19. The summed E-state index contributed by atoms with van der Waals surface area (Å²) in [4.78, 5) is 23.3. The summed E-state index contributed by atoms with van der Waals surface area (Å²) in [6, 6.07) is 6.93. The predicted molar refractivity (Wildman–Crippen MR) is 69.6 cm³/mol. The van der Waals surface area contributed by atoms with Gasteiger partial charge in [0.15, 0.2) is 5.69 Å². The minimum Gasteiger partial charge on any atom is -0.476 e. The minimum atomic E-state index is -1.15. The molecular formula is C13H11N3O3. The number of carbonyl (C=O) groups is 1. The van der Waals surface area contributed by atoms with Crippen molar-refractivity contribution in [2.45, 2.75) is 6.92 Å². The molecule has 0 amide bonds. The number of nitrogens with zero attached hydrogens (tertiary/aromatic N) is 3. The van der Waals surface area contributed by atoms with Crippen LogP contribution in [0.2, 0.25) is 0 Å². The van der Waals surface area contributed by atoms with Crippen molar-refractivity contribution in [3.63, 3.8) is 0 Å². The highest BCUT2D eigenvalue weighted by molar-refractivity contribution is 5.88. The van der Waals surface area contributed by atoms with Gasteiger partial charge in [0.05, 0.1) is 10.9 Å². The van der Waals surface area contributed by atoms with Crippen LogP contribution in [0, 0.1) is 6.92 Å². The first-order chi connectivity index (χ1) is 8.99. The molecule has 0 radical (unpaired) electrons. The molecule has 2 aromatic heterocycles. The van der Waals surface area contributed by atoms with Gasteiger partial charge < -0.3 is 9.67 Å². The zero-order valence-corrected chi connectivity index (χ0v) is 10.4. The van der Waals surface area contributed by atoms with Gasteiger partial charge in [-0.25, -0.2) is 4.79 Å². The second-order valence-corrected chi connectivity index (χ2v) is 4.49. The smallest absolute Gasteiger partial charge is 0.356 e. The number of benzene rings is 1. The second kappa shape index (κ2) is 3.68. The normalized spacial score (nSPS) is 11.3. The van der Waals surface area contributed by atoms with Gasteiger partial charge >= 0.3 is 5.97 Å². The molecule has 0 aliphatic carbocycles. The molecular weight excluding hydrogens is 246 g/mol. The van der Waals surface area contributed by atoms with E-state index in [-0.39, 0.29) is 11.3 Å². The maximum atomic E-state index is 12.3. The Balaban J connectivity index is 2.57. The molecule has 0 aliphatic heterocycles. The second-order valence-electron chi connectivity index (χ2n) is 4.49. The number of carboxylic acid groups (broad SMARTS) is 1. The van der Waals surface area contributed by atoms with E-state index in [0.29, 0.717) is 11.0 Å². The summed E-state index contributed by atoms with van der Waals surface area (Å²) in [7, 11) is 1.78. The molecule has 2 heterocycles. The number of aromatic nitrogens is 3. The SMILES string of the molecule is Cc1ccc2c(c1)c(=O)n1nc(C(=O)O)cc1n2C. The van der Waals surface area contributed by atoms with E-state index in [4.69, 9.17) is 5.11 Å². The molecule has 0 unspecified atom stereocenters. The van der Waals surface area contributed by atoms with E-state index in [1.54, 1.807) is 17.7 Å². The highest BCUT2D eigenvalue weighted by Crippen LogP contribution is 2.15. The Bertz CT molecular complexity index is 889. The van der Waals surface area contributed by atoms with Crippen molar-refractivity contribution in [3.8, 4) is 0 Å². The summed E-state index contributed by atoms with van der Waals surface area (Å²) < 4.78 is 2.89. The lowest BCUT2D eigenvalue weighted by molar-refractivity contribution is 0.0690. The highest BCUT2D eigenvalue weighted by atomic mass is 16.4. The molecule has 1 N–H and O–H groups in total. The summed E-state index contributed by atoms with van der Waals surface area (Å²) in [5, 5.41) is 13.3. The van der Waals surface area contributed by atoms with Crippen molar-refractivity contribution < 1.29 is 9.90 Å². The van der Waals surface area contributed by atoms with Crippen LogP contribution in [0.3, 0.4) is 0 Å². The van der Waals surface area contributed by atoms with Crippen molar-refractivity contribution in [3.05, 3.63) is 45.9 Å². The van der Waals surface area contributed by atoms with Crippen LogP contribution in [0.25, 0.3) is 16.6 Å². The maximum absolute atomic E-state index is 12.3. The molecule has 0 fully saturated rings. The lowest BCUT2D eigenvalue weighted by Crippen LogP contribution is -2.18. The van der Waals surface area contributed by atoms with Gasteiger partial charge in [0.2, 0.25) is 0 Å². The average molecular weight is 257 g/mol. The first-order valence-electron chi connectivity index (χ1n) is 5.71. The number of aryl methyl sites for hydroxylation is 2. The van der Waals surface area contributed by atoms with Crippen LogP contribution in [0.15, 0.2) is 29.1 Å². The summed E-state index contributed by atoms with van der Waals surface area (Å²) in [6.07, 6.45) is 0. The lowest BCUT2D eigenvalue weighted by Gasteiger charge is -2.07. The lowest BCUT2D eigenvalue weighted by atomic mass is 10.1. The van der Waals surface area contributed by atoms with E-state index in [2.05, 4.69) is 5.10 Å². The van der Waals surface area contributed by atoms with Crippen LogP contribution >= 0.6 is 0 Å². The summed E-state index contributed by atoms with van der Waals surface area (Å²) in [5.41, 5.74) is 1.73. The Morgan fingerprint density at radius 3 is 2.74 bits per heavy atom. The number of hydrogen-bond acceptors (Lipinski definition) is 3. The number of hydrogen-bond donors (Lipinski definition) is 1. The van der Waals surface area contributed by atoms with Crippen molar-refractivity contribution in [2.75, 3.05) is 0 Å². The van der Waals surface area contributed by atoms with Crippen LogP contribution in [0.1, 0.15) is 16.1 Å². The van der Waals surface area contributed by atoms with Crippen LogP contribution < -0.4 is 5.56 Å². The molecule has 0 atom stereocenters. The van der Waals surface area contributed by atoms with Crippen LogP contribution in [0.4, 0.5) is 0 Å². The number of fused-ring (bicyclic) bond motifs is 2. The topological polar surface area (TPSA) is 76.6 Å². The van der Waals surface area contributed by atoms with E-state index in [0.717, 1.165) is 15.6 Å². The Kier molecular flexibility index (Phi) is 2.22. The van der Waals surface area contributed by atoms with Gasteiger partial charge in [0.25, 0.3) is 5.56 Å². The van der Waals surface area contributed by atoms with E-state index in [1.165, 1.54) is 6.07 Å². The van der Waals surface area contributed by atoms with Gasteiger partial charge in [-0.2, -0.15) is 9.61 Å². The standard InChI is InChI=1S/C13H11N3O3/c1-7-3-4-10-8(5-7)12(17)16-11(15(10)2)6-9(14-16)13(18)19/h3-6H,1-2H3,(H,18,19). The Labute approximate surface area is 107 Å². The number of carboxylic acids is 1. The van der Waals surface area contributed by atoms with Gasteiger partial charge in [0, 0.05) is 13.1 Å². The van der Waals surface area contributed by atoms with Gasteiger partial charge in [-0.05, 0) is 19.1 Å². The van der Waals surface area contributed by atoms with E-state index in [9.17, 15) is 9.59 Å². The van der Waals surface area contributed by atoms with Gasteiger partial charge in [0.1, 0.15) is 5.65 Å². The third-order valence-corrected chi connectivity index (χ3v) is 3.19. The third kappa shape index (κ3) is 1.53. The molecule has 6 nitrogen and oxygen atoms in total. The molecule has 0 spiro atoms. The molecule has 0 aliphatic rings. The van der Waals surface area contributed by atoms with Crippen molar-refractivity contribution in [2.24, 2.45) is 7.05 Å². The van der Waals surface area contributed by atoms with Crippen molar-refractivity contribution in [1.82, 2.24) is 14.2 Å². The van der Waals surface area contributed by atoms with Gasteiger partial charge in [-0.3, -0.25) is 4.79 Å². The van der Waals surface area contributed by atoms with Crippen molar-refractivity contribution >= 4 is 22.5 Å². The quantitative estimate of drug-likeness (QED) is 0.710. The fraction of sp³-hybridized carbons (Fsp3) is 0.154. The maximum Gasteiger partial charge on any atom is 0.356 e.